The molecule has 0 aliphatic carbocycles. The Morgan fingerprint density at radius 2 is 2.05 bits per heavy atom. The first-order chi connectivity index (χ1) is 9.18. The molecule has 1 fully saturated rings. The molecule has 0 saturated carbocycles. The van der Waals surface area contributed by atoms with Gasteiger partial charge in [-0.25, -0.2) is 9.76 Å². The van der Waals surface area contributed by atoms with E-state index in [0.717, 1.165) is 25.7 Å². The van der Waals surface area contributed by atoms with Crippen LogP contribution in [0.15, 0.2) is 0 Å². The zero-order valence-electron chi connectivity index (χ0n) is 11.0. The van der Waals surface area contributed by atoms with Crippen LogP contribution in [0.5, 0.6) is 0 Å². The second-order valence-corrected chi connectivity index (χ2v) is 7.65. The first-order valence-corrected chi connectivity index (χ1v) is 9.80. The van der Waals surface area contributed by atoms with Crippen molar-refractivity contribution in [2.75, 3.05) is 37.3 Å². The second-order valence-electron chi connectivity index (χ2n) is 4.46. The second kappa shape index (κ2) is 9.83. The normalized spacial score (nSPS) is 25.7. The fourth-order valence-corrected chi connectivity index (χ4v) is 5.22. The minimum Gasteiger partial charge on any atom is -0.306 e. The Morgan fingerprint density at radius 1 is 1.26 bits per heavy atom. The zero-order valence-corrected chi connectivity index (χ0v) is 14.2. The van der Waals surface area contributed by atoms with E-state index in [4.69, 9.17) is 39.3 Å². The molecule has 1 aliphatic heterocycles. The summed E-state index contributed by atoms with van der Waals surface area (Å²) in [5, 5.41) is 3.00. The number of alkyl halides is 3. The van der Waals surface area contributed by atoms with Gasteiger partial charge in [-0.05, 0) is 19.3 Å². The summed E-state index contributed by atoms with van der Waals surface area (Å²) in [7, 11) is -2.98. The molecule has 0 aromatic heterocycles. The highest BCUT2D eigenvalue weighted by Crippen LogP contribution is 2.50. The summed E-state index contributed by atoms with van der Waals surface area (Å²) in [6, 6.07) is 0.0000617. The number of hydrogen-bond acceptors (Lipinski definition) is 2. The standard InChI is InChI=1S/C11H22Cl3N2O2P/c12-5-2-1-4-11(10-14)16(8-6-13)19(17)15-7-3-9-18-19/h11H,1-10H2,(H,15,17). The molecular weight excluding hydrogens is 329 g/mol. The van der Waals surface area contributed by atoms with Gasteiger partial charge in [0, 0.05) is 36.8 Å². The fraction of sp³-hybridized carbons (Fsp3) is 1.00. The van der Waals surface area contributed by atoms with E-state index in [0.29, 0.717) is 37.3 Å². The Bertz CT molecular complexity index is 287. The summed E-state index contributed by atoms with van der Waals surface area (Å²) in [6.45, 7) is 1.72. The smallest absolute Gasteiger partial charge is 0.306 e. The quantitative estimate of drug-likeness (QED) is 0.391. The molecule has 1 saturated heterocycles. The lowest BCUT2D eigenvalue weighted by atomic mass is 10.1. The highest BCUT2D eigenvalue weighted by molar-refractivity contribution is 7.54. The lowest BCUT2D eigenvalue weighted by molar-refractivity contribution is 0.207. The Kier molecular flexibility index (Phi) is 9.33. The van der Waals surface area contributed by atoms with E-state index >= 15 is 0 Å². The number of nitrogens with one attached hydrogen (secondary N) is 1. The number of hydrogen-bond donors (Lipinski definition) is 1. The van der Waals surface area contributed by atoms with Crippen molar-refractivity contribution < 1.29 is 9.09 Å². The van der Waals surface area contributed by atoms with Crippen LogP contribution < -0.4 is 5.09 Å². The van der Waals surface area contributed by atoms with Gasteiger partial charge in [0.25, 0.3) is 0 Å². The molecule has 0 spiro atoms. The van der Waals surface area contributed by atoms with Crippen LogP contribution in [0.25, 0.3) is 0 Å². The van der Waals surface area contributed by atoms with Gasteiger partial charge in [-0.15, -0.1) is 34.8 Å². The van der Waals surface area contributed by atoms with E-state index in [1.807, 2.05) is 4.67 Å². The maximum atomic E-state index is 12.8. The highest BCUT2D eigenvalue weighted by atomic mass is 35.5. The molecule has 4 nitrogen and oxygen atoms in total. The van der Waals surface area contributed by atoms with Crippen LogP contribution >= 0.6 is 42.5 Å². The van der Waals surface area contributed by atoms with Crippen LogP contribution in [0.2, 0.25) is 0 Å². The van der Waals surface area contributed by atoms with Gasteiger partial charge in [-0.3, -0.25) is 4.57 Å². The van der Waals surface area contributed by atoms with Crippen molar-refractivity contribution in [1.82, 2.24) is 9.76 Å². The molecule has 0 bridgehead atoms. The Balaban J connectivity index is 2.69. The van der Waals surface area contributed by atoms with Gasteiger partial charge in [0.05, 0.1) is 6.61 Å². The van der Waals surface area contributed by atoms with Crippen molar-refractivity contribution in [1.29, 1.82) is 0 Å². The third-order valence-electron chi connectivity index (χ3n) is 3.07. The van der Waals surface area contributed by atoms with E-state index < -0.39 is 7.67 Å². The first-order valence-electron chi connectivity index (χ1n) is 6.62. The van der Waals surface area contributed by atoms with E-state index in [9.17, 15) is 4.57 Å². The third-order valence-corrected chi connectivity index (χ3v) is 6.22. The summed E-state index contributed by atoms with van der Waals surface area (Å²) in [5.74, 6) is 1.45. The highest BCUT2D eigenvalue weighted by Gasteiger charge is 2.37. The molecule has 0 aromatic carbocycles. The molecule has 1 N–H and O–H groups in total. The van der Waals surface area contributed by atoms with Gasteiger partial charge < -0.3 is 4.52 Å². The maximum absolute atomic E-state index is 12.8. The van der Waals surface area contributed by atoms with Gasteiger partial charge in [-0.2, -0.15) is 0 Å². The molecule has 1 aliphatic rings. The molecule has 2 atom stereocenters. The van der Waals surface area contributed by atoms with E-state index in [2.05, 4.69) is 5.09 Å². The topological polar surface area (TPSA) is 41.6 Å². The van der Waals surface area contributed by atoms with Crippen LogP contribution in [-0.2, 0) is 9.09 Å². The van der Waals surface area contributed by atoms with Gasteiger partial charge in [0.2, 0.25) is 0 Å². The number of rotatable bonds is 9. The SMILES string of the molecule is O=P1(N(CCCl)C(CCl)CCCCCl)NCCCO1. The summed E-state index contributed by atoms with van der Waals surface area (Å²) in [4.78, 5) is 0. The predicted octanol–water partition coefficient (Wildman–Crippen LogP) is 3.66. The summed E-state index contributed by atoms with van der Waals surface area (Å²) in [6.07, 6.45) is 3.61. The molecule has 0 aromatic rings. The Morgan fingerprint density at radius 3 is 2.58 bits per heavy atom. The van der Waals surface area contributed by atoms with E-state index in [-0.39, 0.29) is 6.04 Å². The average molecular weight is 352 g/mol. The molecule has 0 radical (unpaired) electrons. The van der Waals surface area contributed by atoms with Crippen LogP contribution in [-0.4, -0.2) is 48.0 Å². The molecular formula is C11H22Cl3N2O2P. The summed E-state index contributed by atoms with van der Waals surface area (Å²) >= 11 is 17.6. The zero-order chi connectivity index (χ0) is 14.1. The molecule has 8 heteroatoms. The van der Waals surface area contributed by atoms with Gasteiger partial charge in [0.1, 0.15) is 0 Å². The summed E-state index contributed by atoms with van der Waals surface area (Å²) < 4.78 is 20.1. The number of nitrogens with zero attached hydrogens (tertiary/aromatic N) is 1. The maximum Gasteiger partial charge on any atom is 0.343 e. The Labute approximate surface area is 130 Å². The number of halogens is 3. The van der Waals surface area contributed by atoms with Crippen molar-refractivity contribution in [2.24, 2.45) is 0 Å². The predicted molar refractivity (Wildman–Crippen MR) is 82.7 cm³/mol. The van der Waals surface area contributed by atoms with Crippen molar-refractivity contribution >= 4 is 42.5 Å². The molecule has 1 rings (SSSR count). The molecule has 0 amide bonds. The molecule has 1 heterocycles. The van der Waals surface area contributed by atoms with Crippen molar-refractivity contribution in [3.63, 3.8) is 0 Å². The van der Waals surface area contributed by atoms with E-state index in [1.165, 1.54) is 0 Å². The third kappa shape index (κ3) is 5.70. The summed E-state index contributed by atoms with van der Waals surface area (Å²) in [5.41, 5.74) is 0. The van der Waals surface area contributed by atoms with Gasteiger partial charge in [-0.1, -0.05) is 6.42 Å². The first kappa shape index (κ1) is 18.0. The van der Waals surface area contributed by atoms with Crippen LogP contribution in [0.4, 0.5) is 0 Å². The van der Waals surface area contributed by atoms with Crippen LogP contribution in [0, 0.1) is 0 Å². The monoisotopic (exact) mass is 350 g/mol. The van der Waals surface area contributed by atoms with E-state index in [1.54, 1.807) is 0 Å². The lowest BCUT2D eigenvalue weighted by Crippen LogP contribution is -2.42. The molecule has 114 valence electrons. The average Bonchev–Trinajstić information content (AvgIpc) is 2.42. The van der Waals surface area contributed by atoms with Gasteiger partial charge in [0.15, 0.2) is 0 Å². The minimum absolute atomic E-state index is 0.0000617. The van der Waals surface area contributed by atoms with Gasteiger partial charge >= 0.3 is 7.67 Å². The lowest BCUT2D eigenvalue weighted by Gasteiger charge is -2.38. The van der Waals surface area contributed by atoms with Crippen LogP contribution in [0.1, 0.15) is 25.7 Å². The van der Waals surface area contributed by atoms with Crippen molar-refractivity contribution in [3.8, 4) is 0 Å². The minimum atomic E-state index is -2.98. The van der Waals surface area contributed by atoms with Crippen molar-refractivity contribution in [2.45, 2.75) is 31.7 Å². The van der Waals surface area contributed by atoms with Crippen LogP contribution in [0.3, 0.4) is 0 Å². The molecule has 2 unspecified atom stereocenters. The van der Waals surface area contributed by atoms with Crippen molar-refractivity contribution in [3.05, 3.63) is 0 Å². The number of unbranched alkanes of at least 4 members (excludes halogenated alkanes) is 1. The Hall–Kier alpha value is 0.980. The molecule has 19 heavy (non-hydrogen) atoms. The largest absolute Gasteiger partial charge is 0.343 e. The fourth-order valence-electron chi connectivity index (χ4n) is 2.09.